The number of carbonyl (C=O) groups is 1. The van der Waals surface area contributed by atoms with Crippen molar-refractivity contribution in [2.24, 2.45) is 0 Å². The molecule has 0 bridgehead atoms. The summed E-state index contributed by atoms with van der Waals surface area (Å²) in [5.41, 5.74) is 8.85. The molecule has 22 heavy (non-hydrogen) atoms. The van der Waals surface area contributed by atoms with Crippen LogP contribution in [0.2, 0.25) is 0 Å². The number of hydrazine groups is 1. The summed E-state index contributed by atoms with van der Waals surface area (Å²) in [6.07, 6.45) is 6.07. The Balaban J connectivity index is 1.63. The maximum atomic E-state index is 12.3. The first-order chi connectivity index (χ1) is 10.8. The lowest BCUT2D eigenvalue weighted by Crippen LogP contribution is -2.39. The molecule has 0 saturated carbocycles. The first-order valence-electron chi connectivity index (χ1n) is 7.20. The van der Waals surface area contributed by atoms with Crippen LogP contribution in [-0.4, -0.2) is 11.9 Å². The van der Waals surface area contributed by atoms with Crippen LogP contribution in [0.5, 0.6) is 0 Å². The zero-order valence-electron chi connectivity index (χ0n) is 12.0. The molecule has 0 aliphatic carbocycles. The fourth-order valence-corrected chi connectivity index (χ4v) is 2.55. The minimum absolute atomic E-state index is 0.0693. The minimum atomic E-state index is -0.278. The van der Waals surface area contributed by atoms with E-state index in [0.717, 1.165) is 5.56 Å². The average molecular weight is 291 g/mol. The van der Waals surface area contributed by atoms with Crippen molar-refractivity contribution in [3.8, 4) is 12.3 Å². The van der Waals surface area contributed by atoms with Gasteiger partial charge in [0.05, 0.1) is 0 Å². The molecule has 0 aromatic heterocycles. The van der Waals surface area contributed by atoms with E-state index >= 15 is 0 Å². The molecule has 4 nitrogen and oxygen atoms in total. The summed E-state index contributed by atoms with van der Waals surface area (Å²) in [4.78, 5) is 12.3. The Morgan fingerprint density at radius 1 is 1.14 bits per heavy atom. The summed E-state index contributed by atoms with van der Waals surface area (Å²) < 4.78 is 0. The molecule has 1 amide bonds. The second-order valence-electron chi connectivity index (χ2n) is 5.25. The highest BCUT2D eigenvalue weighted by Crippen LogP contribution is 2.22. The van der Waals surface area contributed by atoms with Crippen molar-refractivity contribution < 1.29 is 4.79 Å². The van der Waals surface area contributed by atoms with Crippen LogP contribution in [0.4, 0.5) is 5.69 Å². The quantitative estimate of drug-likeness (QED) is 0.760. The second kappa shape index (κ2) is 6.44. The van der Waals surface area contributed by atoms with Crippen LogP contribution in [0.3, 0.4) is 0 Å². The molecule has 2 unspecified atom stereocenters. The van der Waals surface area contributed by atoms with Gasteiger partial charge in [-0.1, -0.05) is 42.3 Å². The smallest absolute Gasteiger partial charge is 0.242 e. The highest BCUT2D eigenvalue weighted by atomic mass is 16.2. The Bertz CT molecular complexity index is 706. The van der Waals surface area contributed by atoms with Gasteiger partial charge in [0.15, 0.2) is 0 Å². The van der Waals surface area contributed by atoms with E-state index in [4.69, 9.17) is 6.42 Å². The van der Waals surface area contributed by atoms with Gasteiger partial charge in [-0.2, -0.15) is 0 Å². The van der Waals surface area contributed by atoms with Crippen molar-refractivity contribution in [1.82, 2.24) is 10.9 Å². The molecule has 1 saturated heterocycles. The van der Waals surface area contributed by atoms with Crippen molar-refractivity contribution in [3.05, 3.63) is 65.7 Å². The number of rotatable bonds is 3. The third-order valence-corrected chi connectivity index (χ3v) is 3.72. The van der Waals surface area contributed by atoms with E-state index in [1.54, 1.807) is 6.07 Å². The summed E-state index contributed by atoms with van der Waals surface area (Å²) in [6.45, 7) is 0. The number of benzene rings is 2. The van der Waals surface area contributed by atoms with Crippen LogP contribution >= 0.6 is 0 Å². The van der Waals surface area contributed by atoms with Crippen molar-refractivity contribution in [2.45, 2.75) is 18.5 Å². The third kappa shape index (κ3) is 3.17. The van der Waals surface area contributed by atoms with Crippen LogP contribution < -0.4 is 16.2 Å². The number of hydrogen-bond acceptors (Lipinski definition) is 3. The Morgan fingerprint density at radius 2 is 1.95 bits per heavy atom. The van der Waals surface area contributed by atoms with E-state index in [1.165, 1.54) is 5.56 Å². The van der Waals surface area contributed by atoms with E-state index in [9.17, 15) is 4.79 Å². The van der Waals surface area contributed by atoms with Gasteiger partial charge in [-0.25, -0.2) is 10.9 Å². The zero-order chi connectivity index (χ0) is 15.4. The summed E-state index contributed by atoms with van der Waals surface area (Å²) >= 11 is 0. The Labute approximate surface area is 129 Å². The first-order valence-corrected chi connectivity index (χ1v) is 7.20. The fourth-order valence-electron chi connectivity index (χ4n) is 2.55. The molecule has 3 N–H and O–H groups in total. The summed E-state index contributed by atoms with van der Waals surface area (Å²) in [7, 11) is 0. The summed E-state index contributed by atoms with van der Waals surface area (Å²) in [6, 6.07) is 17.2. The molecule has 1 heterocycles. The van der Waals surface area contributed by atoms with Gasteiger partial charge < -0.3 is 5.32 Å². The number of hydrogen-bond donors (Lipinski definition) is 3. The lowest BCUT2D eigenvalue weighted by atomic mass is 10.0. The molecule has 0 spiro atoms. The largest absolute Gasteiger partial charge is 0.325 e. The van der Waals surface area contributed by atoms with Gasteiger partial charge in [-0.05, 0) is 30.2 Å². The minimum Gasteiger partial charge on any atom is -0.325 e. The van der Waals surface area contributed by atoms with Crippen LogP contribution in [0.1, 0.15) is 23.6 Å². The van der Waals surface area contributed by atoms with Crippen molar-refractivity contribution >= 4 is 11.6 Å². The van der Waals surface area contributed by atoms with E-state index in [0.29, 0.717) is 12.1 Å². The normalized spacial score (nSPS) is 20.3. The molecule has 110 valence electrons. The van der Waals surface area contributed by atoms with Gasteiger partial charge in [-0.15, -0.1) is 6.42 Å². The number of anilines is 1. The molecular formula is C18H17N3O. The number of nitrogens with one attached hydrogen (secondary N) is 3. The maximum Gasteiger partial charge on any atom is 0.242 e. The highest BCUT2D eigenvalue weighted by Gasteiger charge is 2.29. The SMILES string of the molecule is C#Cc1cccc(NC(=O)C2CC(c3ccccc3)NN2)c1. The molecule has 1 fully saturated rings. The van der Waals surface area contributed by atoms with Gasteiger partial charge in [0.1, 0.15) is 6.04 Å². The zero-order valence-corrected chi connectivity index (χ0v) is 12.0. The molecule has 2 aromatic rings. The Kier molecular flexibility index (Phi) is 4.19. The number of terminal acetylenes is 1. The van der Waals surface area contributed by atoms with Gasteiger partial charge in [0.2, 0.25) is 5.91 Å². The Hall–Kier alpha value is -2.61. The first kappa shape index (κ1) is 14.3. The van der Waals surface area contributed by atoms with E-state index < -0.39 is 0 Å². The number of amides is 1. The molecule has 4 heteroatoms. The summed E-state index contributed by atoms with van der Waals surface area (Å²) in [5.74, 6) is 2.49. The topological polar surface area (TPSA) is 53.2 Å². The molecule has 2 aromatic carbocycles. The molecule has 2 atom stereocenters. The molecule has 1 aliphatic heterocycles. The van der Waals surface area contributed by atoms with E-state index in [-0.39, 0.29) is 18.0 Å². The predicted molar refractivity (Wildman–Crippen MR) is 86.9 cm³/mol. The van der Waals surface area contributed by atoms with Crippen molar-refractivity contribution in [1.29, 1.82) is 0 Å². The molecular weight excluding hydrogens is 274 g/mol. The second-order valence-corrected chi connectivity index (χ2v) is 5.25. The van der Waals surface area contributed by atoms with Gasteiger partial charge in [0.25, 0.3) is 0 Å². The van der Waals surface area contributed by atoms with Gasteiger partial charge in [-0.3, -0.25) is 4.79 Å². The molecule has 3 rings (SSSR count). The van der Waals surface area contributed by atoms with E-state index in [1.807, 2.05) is 36.4 Å². The molecule has 1 aliphatic rings. The van der Waals surface area contributed by atoms with Crippen LogP contribution in [0, 0.1) is 12.3 Å². The monoisotopic (exact) mass is 291 g/mol. The third-order valence-electron chi connectivity index (χ3n) is 3.72. The van der Waals surface area contributed by atoms with Gasteiger partial charge in [0, 0.05) is 17.3 Å². The van der Waals surface area contributed by atoms with Crippen LogP contribution in [0.15, 0.2) is 54.6 Å². The van der Waals surface area contributed by atoms with Crippen molar-refractivity contribution in [2.75, 3.05) is 5.32 Å². The summed E-state index contributed by atoms with van der Waals surface area (Å²) in [5, 5.41) is 2.89. The number of carbonyl (C=O) groups excluding carboxylic acids is 1. The van der Waals surface area contributed by atoms with E-state index in [2.05, 4.69) is 34.2 Å². The predicted octanol–water partition coefficient (Wildman–Crippen LogP) is 2.21. The fraction of sp³-hybridized carbons (Fsp3) is 0.167. The maximum absolute atomic E-state index is 12.3. The van der Waals surface area contributed by atoms with Crippen LogP contribution in [-0.2, 0) is 4.79 Å². The Morgan fingerprint density at radius 3 is 2.73 bits per heavy atom. The lowest BCUT2D eigenvalue weighted by Gasteiger charge is -2.11. The highest BCUT2D eigenvalue weighted by molar-refractivity contribution is 5.95. The average Bonchev–Trinajstić information content (AvgIpc) is 3.06. The van der Waals surface area contributed by atoms with Gasteiger partial charge >= 0.3 is 0 Å². The molecule has 0 radical (unpaired) electrons. The lowest BCUT2D eigenvalue weighted by molar-refractivity contribution is -0.117. The standard InChI is InChI=1S/C18H17N3O/c1-2-13-7-6-10-15(11-13)19-18(22)17-12-16(20-21-17)14-8-4-3-5-9-14/h1,3-11,16-17,20-21H,12H2,(H,19,22). The van der Waals surface area contributed by atoms with Crippen LogP contribution in [0.25, 0.3) is 0 Å². The van der Waals surface area contributed by atoms with Crippen molar-refractivity contribution in [3.63, 3.8) is 0 Å².